The topological polar surface area (TPSA) is 77.2 Å². The minimum absolute atomic E-state index is 0.0288. The summed E-state index contributed by atoms with van der Waals surface area (Å²) in [7, 11) is 0. The Morgan fingerprint density at radius 1 is 0.967 bits per heavy atom. The Morgan fingerprint density at radius 2 is 1.67 bits per heavy atom. The first-order valence-corrected chi connectivity index (χ1v) is 9.32. The van der Waals surface area contributed by atoms with Crippen LogP contribution >= 0.6 is 0 Å². The summed E-state index contributed by atoms with van der Waals surface area (Å²) in [6, 6.07) is 22.4. The molecule has 4 aromatic rings. The van der Waals surface area contributed by atoms with Gasteiger partial charge in [-0.3, -0.25) is 4.79 Å². The van der Waals surface area contributed by atoms with Gasteiger partial charge in [-0.05, 0) is 43.3 Å². The number of carbonyl (C=O) groups excluding carboxylic acids is 1. The number of aromatic nitrogens is 2. The zero-order valence-electron chi connectivity index (χ0n) is 16.1. The number of ether oxygens (including phenoxy) is 1. The number of nitrogens with one attached hydrogen (secondary N) is 1. The lowest BCUT2D eigenvalue weighted by Crippen LogP contribution is -2.30. The molecule has 1 aromatic heterocycles. The van der Waals surface area contributed by atoms with E-state index in [1.54, 1.807) is 43.3 Å². The molecule has 7 heteroatoms. The molecule has 0 fully saturated rings. The summed E-state index contributed by atoms with van der Waals surface area (Å²) >= 11 is 0. The van der Waals surface area contributed by atoms with Crippen LogP contribution in [0.2, 0.25) is 0 Å². The Balaban J connectivity index is 1.41. The first-order valence-electron chi connectivity index (χ1n) is 9.32. The van der Waals surface area contributed by atoms with E-state index in [1.807, 2.05) is 30.3 Å². The van der Waals surface area contributed by atoms with Crippen molar-refractivity contribution in [1.82, 2.24) is 10.1 Å². The summed E-state index contributed by atoms with van der Waals surface area (Å²) in [5.74, 6) is -0.00252. The lowest BCUT2D eigenvalue weighted by molar-refractivity contribution is -0.122. The summed E-state index contributed by atoms with van der Waals surface area (Å²) in [5.41, 5.74) is 2.15. The number of benzene rings is 3. The number of hydrogen-bond acceptors (Lipinski definition) is 5. The lowest BCUT2D eigenvalue weighted by atomic mass is 10.2. The van der Waals surface area contributed by atoms with E-state index in [1.165, 1.54) is 12.1 Å². The zero-order chi connectivity index (χ0) is 20.9. The Labute approximate surface area is 172 Å². The summed E-state index contributed by atoms with van der Waals surface area (Å²) < 4.78 is 24.4. The fraction of sp³-hybridized carbons (Fsp3) is 0.0870. The van der Waals surface area contributed by atoms with Gasteiger partial charge in [0.15, 0.2) is 17.7 Å². The summed E-state index contributed by atoms with van der Waals surface area (Å²) in [6.07, 6.45) is -0.869. The van der Waals surface area contributed by atoms with Crippen LogP contribution in [-0.4, -0.2) is 22.2 Å². The fourth-order valence-corrected chi connectivity index (χ4v) is 2.77. The number of nitrogens with zero attached hydrogens (tertiary/aromatic N) is 2. The molecule has 150 valence electrons. The van der Waals surface area contributed by atoms with Crippen molar-refractivity contribution in [3.05, 3.63) is 84.7 Å². The van der Waals surface area contributed by atoms with Crippen LogP contribution in [0.4, 0.5) is 10.1 Å². The lowest BCUT2D eigenvalue weighted by Gasteiger charge is -2.15. The molecular weight excluding hydrogens is 385 g/mol. The molecule has 1 heterocycles. The minimum Gasteiger partial charge on any atom is -0.478 e. The summed E-state index contributed by atoms with van der Waals surface area (Å²) in [4.78, 5) is 16.7. The molecule has 1 N–H and O–H groups in total. The molecular formula is C23H18FN3O3. The van der Waals surface area contributed by atoms with Gasteiger partial charge in [0, 0.05) is 16.8 Å². The van der Waals surface area contributed by atoms with E-state index in [0.717, 1.165) is 11.1 Å². The van der Waals surface area contributed by atoms with E-state index < -0.39 is 17.8 Å². The molecule has 30 heavy (non-hydrogen) atoms. The molecule has 1 amide bonds. The van der Waals surface area contributed by atoms with Crippen molar-refractivity contribution in [2.75, 3.05) is 5.32 Å². The monoisotopic (exact) mass is 403 g/mol. The minimum atomic E-state index is -0.869. The normalized spacial score (nSPS) is 11.7. The number of hydrogen-bond donors (Lipinski definition) is 1. The number of anilines is 1. The molecule has 0 saturated heterocycles. The Kier molecular flexibility index (Phi) is 5.52. The highest BCUT2D eigenvalue weighted by molar-refractivity contribution is 5.94. The average molecular weight is 403 g/mol. The quantitative estimate of drug-likeness (QED) is 0.493. The first kappa shape index (κ1) is 19.3. The van der Waals surface area contributed by atoms with E-state index in [9.17, 15) is 9.18 Å². The van der Waals surface area contributed by atoms with Crippen LogP contribution in [0.25, 0.3) is 22.8 Å². The third-order valence-electron chi connectivity index (χ3n) is 4.37. The third-order valence-corrected chi connectivity index (χ3v) is 4.37. The molecule has 0 saturated carbocycles. The van der Waals surface area contributed by atoms with Gasteiger partial charge < -0.3 is 14.6 Å². The van der Waals surface area contributed by atoms with E-state index in [2.05, 4.69) is 15.5 Å². The molecule has 3 aromatic carbocycles. The Morgan fingerprint density at radius 3 is 2.40 bits per heavy atom. The van der Waals surface area contributed by atoms with Gasteiger partial charge in [0.25, 0.3) is 11.8 Å². The van der Waals surface area contributed by atoms with Crippen molar-refractivity contribution in [2.45, 2.75) is 13.0 Å². The van der Waals surface area contributed by atoms with Gasteiger partial charge in [-0.1, -0.05) is 47.6 Å². The second-order valence-electron chi connectivity index (χ2n) is 6.55. The number of para-hydroxylation sites is 1. The fourth-order valence-electron chi connectivity index (χ4n) is 2.77. The largest absolute Gasteiger partial charge is 0.478 e. The molecule has 0 aliphatic heterocycles. The van der Waals surface area contributed by atoms with Gasteiger partial charge in [0.05, 0.1) is 0 Å². The maximum Gasteiger partial charge on any atom is 0.265 e. The van der Waals surface area contributed by atoms with Gasteiger partial charge in [-0.2, -0.15) is 4.98 Å². The molecule has 6 nitrogen and oxygen atoms in total. The van der Waals surface area contributed by atoms with Gasteiger partial charge in [-0.15, -0.1) is 0 Å². The van der Waals surface area contributed by atoms with Gasteiger partial charge >= 0.3 is 0 Å². The maximum atomic E-state index is 13.7. The second kappa shape index (κ2) is 8.57. The molecule has 0 aliphatic carbocycles. The van der Waals surface area contributed by atoms with Crippen LogP contribution in [0, 0.1) is 5.82 Å². The number of halogens is 1. The summed E-state index contributed by atoms with van der Waals surface area (Å²) in [5, 5.41) is 6.74. The molecule has 0 bridgehead atoms. The molecule has 1 atom stereocenters. The van der Waals surface area contributed by atoms with Gasteiger partial charge in [0.2, 0.25) is 5.82 Å². The number of carbonyl (C=O) groups is 1. The van der Waals surface area contributed by atoms with Gasteiger partial charge in [-0.25, -0.2) is 4.39 Å². The first-order chi connectivity index (χ1) is 14.6. The van der Waals surface area contributed by atoms with Crippen LogP contribution in [0.5, 0.6) is 5.75 Å². The zero-order valence-corrected chi connectivity index (χ0v) is 16.1. The standard InChI is InChI=1S/C23H18FN3O3/c1-15(29-20-10-6-5-9-19(20)24)22(28)25-18-13-11-17(12-14-18)23-26-21(27-30-23)16-7-3-2-4-8-16/h2-15H,1H3,(H,25,28)/t15-/m1/s1. The van der Waals surface area contributed by atoms with Crippen molar-refractivity contribution in [3.63, 3.8) is 0 Å². The SMILES string of the molecule is C[C@@H](Oc1ccccc1F)C(=O)Nc1ccc(-c2nc(-c3ccccc3)no2)cc1. The highest BCUT2D eigenvalue weighted by Crippen LogP contribution is 2.24. The molecule has 4 rings (SSSR count). The molecule has 0 aliphatic rings. The van der Waals surface area contributed by atoms with E-state index >= 15 is 0 Å². The highest BCUT2D eigenvalue weighted by Gasteiger charge is 2.17. The van der Waals surface area contributed by atoms with Crippen LogP contribution < -0.4 is 10.1 Å². The molecule has 0 spiro atoms. The van der Waals surface area contributed by atoms with Gasteiger partial charge in [0.1, 0.15) is 0 Å². The van der Waals surface area contributed by atoms with E-state index in [4.69, 9.17) is 9.26 Å². The maximum absolute atomic E-state index is 13.7. The van der Waals surface area contributed by atoms with Crippen molar-refractivity contribution >= 4 is 11.6 Å². The molecule has 0 radical (unpaired) electrons. The number of rotatable bonds is 6. The predicted molar refractivity (Wildman–Crippen MR) is 110 cm³/mol. The number of amides is 1. The van der Waals surface area contributed by atoms with Crippen LogP contribution in [0.1, 0.15) is 6.92 Å². The van der Waals surface area contributed by atoms with Crippen molar-refractivity contribution in [2.24, 2.45) is 0 Å². The molecule has 0 unspecified atom stereocenters. The van der Waals surface area contributed by atoms with Crippen LogP contribution in [0.3, 0.4) is 0 Å². The average Bonchev–Trinajstić information content (AvgIpc) is 3.27. The van der Waals surface area contributed by atoms with Crippen molar-refractivity contribution in [3.8, 4) is 28.6 Å². The van der Waals surface area contributed by atoms with E-state index in [-0.39, 0.29) is 5.75 Å². The predicted octanol–water partition coefficient (Wildman–Crippen LogP) is 4.95. The van der Waals surface area contributed by atoms with Crippen LogP contribution in [-0.2, 0) is 4.79 Å². The highest BCUT2D eigenvalue weighted by atomic mass is 19.1. The smallest absolute Gasteiger partial charge is 0.265 e. The van der Waals surface area contributed by atoms with Crippen molar-refractivity contribution in [1.29, 1.82) is 0 Å². The Hall–Kier alpha value is -4.00. The van der Waals surface area contributed by atoms with Crippen molar-refractivity contribution < 1.29 is 18.4 Å². The third kappa shape index (κ3) is 4.35. The summed E-state index contributed by atoms with van der Waals surface area (Å²) in [6.45, 7) is 1.56. The second-order valence-corrected chi connectivity index (χ2v) is 6.55. The Bertz CT molecular complexity index is 1140. The van der Waals surface area contributed by atoms with E-state index in [0.29, 0.717) is 17.4 Å². The van der Waals surface area contributed by atoms with Crippen LogP contribution in [0.15, 0.2) is 83.4 Å².